The van der Waals surface area contributed by atoms with Gasteiger partial charge in [0.1, 0.15) is 11.5 Å². The number of amides is 1. The number of halogens is 1. The SMILES string of the molecule is Cc1cc(OCCCN2CCS(=O)CC2)ccc1NC(=O)COc1ccc(Cl)cc1C(=O)c1ccccc1. The zero-order valence-electron chi connectivity index (χ0n) is 21.3. The van der Waals surface area contributed by atoms with Crippen LogP contribution in [0.15, 0.2) is 66.7 Å². The van der Waals surface area contributed by atoms with Gasteiger partial charge >= 0.3 is 0 Å². The van der Waals surface area contributed by atoms with E-state index in [9.17, 15) is 13.8 Å². The van der Waals surface area contributed by atoms with Gasteiger partial charge in [-0.3, -0.25) is 13.8 Å². The van der Waals surface area contributed by atoms with Crippen LogP contribution in [0.5, 0.6) is 11.5 Å². The average molecular weight is 555 g/mol. The monoisotopic (exact) mass is 554 g/mol. The molecule has 1 aliphatic rings. The molecular weight excluding hydrogens is 524 g/mol. The van der Waals surface area contributed by atoms with Crippen LogP contribution in [0.1, 0.15) is 27.9 Å². The second kappa shape index (κ2) is 13.6. The van der Waals surface area contributed by atoms with Crippen LogP contribution in [0.2, 0.25) is 5.02 Å². The Labute approximate surface area is 230 Å². The number of ketones is 1. The predicted octanol–water partition coefficient (Wildman–Crippen LogP) is 4.73. The quantitative estimate of drug-likeness (QED) is 0.272. The molecule has 0 aliphatic carbocycles. The zero-order chi connectivity index (χ0) is 26.9. The highest BCUT2D eigenvalue weighted by Gasteiger charge is 2.17. The van der Waals surface area contributed by atoms with Gasteiger partial charge in [-0.1, -0.05) is 41.9 Å². The van der Waals surface area contributed by atoms with Crippen molar-refractivity contribution in [1.29, 1.82) is 0 Å². The largest absolute Gasteiger partial charge is 0.494 e. The fourth-order valence-corrected chi connectivity index (χ4v) is 5.42. The van der Waals surface area contributed by atoms with E-state index in [4.69, 9.17) is 21.1 Å². The summed E-state index contributed by atoms with van der Waals surface area (Å²) in [5.41, 5.74) is 2.32. The van der Waals surface area contributed by atoms with Gasteiger partial charge in [-0.05, 0) is 55.3 Å². The number of rotatable bonds is 11. The molecule has 0 unspecified atom stereocenters. The topological polar surface area (TPSA) is 84.9 Å². The lowest BCUT2D eigenvalue weighted by Crippen LogP contribution is -2.38. The van der Waals surface area contributed by atoms with Crippen molar-refractivity contribution < 1.29 is 23.3 Å². The van der Waals surface area contributed by atoms with Crippen LogP contribution >= 0.6 is 11.6 Å². The number of benzene rings is 3. The third-order valence-electron chi connectivity index (χ3n) is 6.21. The van der Waals surface area contributed by atoms with Gasteiger partial charge in [-0.15, -0.1) is 0 Å². The minimum atomic E-state index is -0.659. The summed E-state index contributed by atoms with van der Waals surface area (Å²) in [4.78, 5) is 27.9. The minimum Gasteiger partial charge on any atom is -0.494 e. The van der Waals surface area contributed by atoms with Crippen LogP contribution in [-0.4, -0.2) is 65.2 Å². The molecule has 0 aromatic heterocycles. The summed E-state index contributed by atoms with van der Waals surface area (Å²) in [6.07, 6.45) is 0.890. The Hall–Kier alpha value is -3.20. The molecule has 0 saturated carbocycles. The van der Waals surface area contributed by atoms with Crippen molar-refractivity contribution in [2.45, 2.75) is 13.3 Å². The number of aryl methyl sites for hydroxylation is 1. The molecular formula is C29H31ClN2O5S. The van der Waals surface area contributed by atoms with E-state index >= 15 is 0 Å². The Balaban J connectivity index is 1.27. The first-order valence-corrected chi connectivity index (χ1v) is 14.4. The van der Waals surface area contributed by atoms with Crippen LogP contribution in [0.25, 0.3) is 0 Å². The van der Waals surface area contributed by atoms with Gasteiger partial charge in [0.15, 0.2) is 12.4 Å². The van der Waals surface area contributed by atoms with Gasteiger partial charge in [-0.25, -0.2) is 0 Å². The number of nitrogens with one attached hydrogen (secondary N) is 1. The number of ether oxygens (including phenoxy) is 2. The van der Waals surface area contributed by atoms with Crippen molar-refractivity contribution in [2.75, 3.05) is 49.7 Å². The Bertz CT molecular complexity index is 1290. The first-order valence-electron chi connectivity index (χ1n) is 12.5. The molecule has 7 nitrogen and oxygen atoms in total. The van der Waals surface area contributed by atoms with E-state index in [1.807, 2.05) is 25.1 Å². The lowest BCUT2D eigenvalue weighted by atomic mass is 10.0. The van der Waals surface area contributed by atoms with E-state index in [0.29, 0.717) is 28.4 Å². The lowest BCUT2D eigenvalue weighted by molar-refractivity contribution is -0.118. The van der Waals surface area contributed by atoms with Crippen molar-refractivity contribution >= 4 is 39.8 Å². The first-order chi connectivity index (χ1) is 18.4. The summed E-state index contributed by atoms with van der Waals surface area (Å²) in [5, 5.41) is 3.26. The van der Waals surface area contributed by atoms with Crippen LogP contribution in [0.3, 0.4) is 0 Å². The lowest BCUT2D eigenvalue weighted by Gasteiger charge is -2.25. The van der Waals surface area contributed by atoms with E-state index in [2.05, 4.69) is 10.2 Å². The van der Waals surface area contributed by atoms with Crippen LogP contribution in [0.4, 0.5) is 5.69 Å². The zero-order valence-corrected chi connectivity index (χ0v) is 22.9. The van der Waals surface area contributed by atoms with E-state index in [1.54, 1.807) is 48.5 Å². The predicted molar refractivity (Wildman–Crippen MR) is 151 cm³/mol. The molecule has 0 radical (unpaired) electrons. The molecule has 200 valence electrons. The molecule has 1 aliphatic heterocycles. The fourth-order valence-electron chi connectivity index (χ4n) is 4.12. The maximum Gasteiger partial charge on any atom is 0.262 e. The van der Waals surface area contributed by atoms with E-state index in [0.717, 1.165) is 48.9 Å². The molecule has 1 fully saturated rings. The van der Waals surface area contributed by atoms with Crippen molar-refractivity contribution in [2.24, 2.45) is 0 Å². The summed E-state index contributed by atoms with van der Waals surface area (Å²) >= 11 is 6.12. The van der Waals surface area contributed by atoms with Crippen molar-refractivity contribution in [3.05, 3.63) is 88.4 Å². The van der Waals surface area contributed by atoms with Gasteiger partial charge < -0.3 is 19.7 Å². The maximum absolute atomic E-state index is 13.0. The van der Waals surface area contributed by atoms with Crippen LogP contribution in [-0.2, 0) is 15.6 Å². The van der Waals surface area contributed by atoms with Gasteiger partial charge in [0.05, 0.1) is 12.2 Å². The highest BCUT2D eigenvalue weighted by Crippen LogP contribution is 2.26. The Morgan fingerprint density at radius 1 is 1.00 bits per heavy atom. The van der Waals surface area contributed by atoms with Gasteiger partial charge in [0, 0.05) is 58.2 Å². The molecule has 0 atom stereocenters. The number of hydrogen-bond donors (Lipinski definition) is 1. The third kappa shape index (κ3) is 7.90. The molecule has 1 amide bonds. The second-order valence-corrected chi connectivity index (χ2v) is 11.2. The fraction of sp³-hybridized carbons (Fsp3) is 0.310. The van der Waals surface area contributed by atoms with E-state index < -0.39 is 10.8 Å². The maximum atomic E-state index is 13.0. The molecule has 0 bridgehead atoms. The molecule has 3 aromatic rings. The number of nitrogens with zero attached hydrogens (tertiary/aromatic N) is 1. The van der Waals surface area contributed by atoms with Crippen LogP contribution < -0.4 is 14.8 Å². The van der Waals surface area contributed by atoms with Crippen molar-refractivity contribution in [1.82, 2.24) is 4.90 Å². The molecule has 1 heterocycles. The van der Waals surface area contributed by atoms with Crippen molar-refractivity contribution in [3.63, 3.8) is 0 Å². The normalized spacial score (nSPS) is 14.2. The molecule has 38 heavy (non-hydrogen) atoms. The highest BCUT2D eigenvalue weighted by molar-refractivity contribution is 7.85. The summed E-state index contributed by atoms with van der Waals surface area (Å²) < 4.78 is 23.1. The summed E-state index contributed by atoms with van der Waals surface area (Å²) in [5.74, 6) is 1.95. The van der Waals surface area contributed by atoms with E-state index in [-0.39, 0.29) is 24.0 Å². The minimum absolute atomic E-state index is 0.234. The first kappa shape index (κ1) is 27.8. The van der Waals surface area contributed by atoms with Gasteiger partial charge in [-0.2, -0.15) is 0 Å². The smallest absolute Gasteiger partial charge is 0.262 e. The standard InChI is InChI=1S/C29H31ClN2O5S/c1-21-18-24(36-15-5-12-32-13-16-38(35)17-14-32)9-10-26(21)31-28(33)20-37-27-11-8-23(30)19-25(27)29(34)22-6-3-2-4-7-22/h2-4,6-11,18-19H,5,12-17,20H2,1H3,(H,31,33). The van der Waals surface area contributed by atoms with Crippen LogP contribution in [0, 0.1) is 6.92 Å². The Morgan fingerprint density at radius 3 is 2.50 bits per heavy atom. The summed E-state index contributed by atoms with van der Waals surface area (Å²) in [6, 6.07) is 19.1. The number of hydrogen-bond acceptors (Lipinski definition) is 6. The van der Waals surface area contributed by atoms with Gasteiger partial charge in [0.25, 0.3) is 5.91 Å². The molecule has 9 heteroatoms. The molecule has 1 N–H and O–H groups in total. The Kier molecular flexibility index (Phi) is 9.92. The second-order valence-electron chi connectivity index (χ2n) is 9.04. The number of anilines is 1. The van der Waals surface area contributed by atoms with Crippen molar-refractivity contribution in [3.8, 4) is 11.5 Å². The van der Waals surface area contributed by atoms with E-state index in [1.165, 1.54) is 0 Å². The number of carbonyl (C=O) groups excluding carboxylic acids is 2. The average Bonchev–Trinajstić information content (AvgIpc) is 2.93. The molecule has 1 saturated heterocycles. The molecule has 0 spiro atoms. The molecule has 4 rings (SSSR count). The molecule has 3 aromatic carbocycles. The summed E-state index contributed by atoms with van der Waals surface area (Å²) in [6.45, 7) is 4.91. The summed E-state index contributed by atoms with van der Waals surface area (Å²) in [7, 11) is -0.659. The Morgan fingerprint density at radius 2 is 1.76 bits per heavy atom. The number of carbonyl (C=O) groups is 2. The van der Waals surface area contributed by atoms with Gasteiger partial charge in [0.2, 0.25) is 0 Å². The highest BCUT2D eigenvalue weighted by atomic mass is 35.5. The third-order valence-corrected chi connectivity index (χ3v) is 7.72.